The minimum absolute atomic E-state index is 1.02. The molecule has 0 atom stereocenters. The van der Waals surface area contributed by atoms with Crippen molar-refractivity contribution in [3.05, 3.63) is 115 Å². The molecule has 0 aliphatic rings. The Kier molecular flexibility index (Phi) is 4.26. The second-order valence-electron chi connectivity index (χ2n) is 9.19. The fraction of sp³-hybridized carbons (Fsp3) is 0.0303. The molecule has 1 heteroatoms. The summed E-state index contributed by atoms with van der Waals surface area (Å²) in [7, 11) is 1.02. The van der Waals surface area contributed by atoms with Crippen LogP contribution in [0.4, 0.5) is 0 Å². The second-order valence-corrected chi connectivity index (χ2v) is 9.19. The van der Waals surface area contributed by atoms with Gasteiger partial charge in [0.25, 0.3) is 0 Å². The molecule has 0 radical (unpaired) electrons. The van der Waals surface area contributed by atoms with E-state index in [1.54, 1.807) is 0 Å². The molecule has 0 saturated heterocycles. The summed E-state index contributed by atoms with van der Waals surface area (Å²) in [6.07, 6.45) is 0. The monoisotopic (exact) mass is 430 g/mol. The first-order valence-electron chi connectivity index (χ1n) is 12.1. The van der Waals surface area contributed by atoms with Crippen LogP contribution >= 0.6 is 0 Å². The van der Waals surface area contributed by atoms with E-state index < -0.39 is 0 Å². The summed E-state index contributed by atoms with van der Waals surface area (Å²) in [5, 5.41) is 13.2. The van der Waals surface area contributed by atoms with Crippen molar-refractivity contribution in [1.82, 2.24) is 0 Å². The van der Waals surface area contributed by atoms with E-state index in [9.17, 15) is 0 Å². The third-order valence-corrected chi connectivity index (χ3v) is 7.41. The average Bonchev–Trinajstić information content (AvgIpc) is 2.90. The van der Waals surface area contributed by atoms with Gasteiger partial charge in [0.15, 0.2) is 7.28 Å². The highest BCUT2D eigenvalue weighted by molar-refractivity contribution is 6.60. The van der Waals surface area contributed by atoms with Crippen LogP contribution in [0.15, 0.2) is 115 Å². The predicted molar refractivity (Wildman–Crippen MR) is 152 cm³/mol. The van der Waals surface area contributed by atoms with Gasteiger partial charge in [-0.2, -0.15) is 0 Å². The Morgan fingerprint density at radius 2 is 1.00 bits per heavy atom. The van der Waals surface area contributed by atoms with Crippen molar-refractivity contribution in [3.8, 4) is 11.1 Å². The Labute approximate surface area is 199 Å². The molecule has 0 heterocycles. The molecule has 0 fully saturated rings. The van der Waals surface area contributed by atoms with Crippen LogP contribution in [0.5, 0.6) is 0 Å². The molecular weight excluding hydrogens is 407 g/mol. The molecule has 0 spiro atoms. The van der Waals surface area contributed by atoms with E-state index in [-0.39, 0.29) is 0 Å². The third-order valence-electron chi connectivity index (χ3n) is 7.41. The lowest BCUT2D eigenvalue weighted by atomic mass is 9.67. The van der Waals surface area contributed by atoms with Gasteiger partial charge in [-0.05, 0) is 77.1 Å². The summed E-state index contributed by atoms with van der Waals surface area (Å²) in [4.78, 5) is 0. The first-order valence-corrected chi connectivity index (χ1v) is 12.1. The molecule has 7 rings (SSSR count). The van der Waals surface area contributed by atoms with E-state index in [0.29, 0.717) is 0 Å². The van der Waals surface area contributed by atoms with E-state index in [0.717, 1.165) is 7.28 Å². The second kappa shape index (κ2) is 7.47. The number of benzene rings is 7. The van der Waals surface area contributed by atoms with E-state index in [1.807, 2.05) is 0 Å². The number of hydrogen-bond acceptors (Lipinski definition) is 0. The average molecular weight is 430 g/mol. The van der Waals surface area contributed by atoms with E-state index in [2.05, 4.69) is 122 Å². The van der Waals surface area contributed by atoms with Gasteiger partial charge in [-0.1, -0.05) is 115 Å². The van der Waals surface area contributed by atoms with Crippen LogP contribution < -0.4 is 5.46 Å². The maximum Gasteiger partial charge on any atom is 0.156 e. The van der Waals surface area contributed by atoms with Crippen molar-refractivity contribution < 1.29 is 0 Å². The molecule has 0 bridgehead atoms. The van der Waals surface area contributed by atoms with Crippen molar-refractivity contribution >= 4 is 66.6 Å². The fourth-order valence-corrected chi connectivity index (χ4v) is 5.89. The zero-order chi connectivity index (χ0) is 22.6. The van der Waals surface area contributed by atoms with Gasteiger partial charge in [0, 0.05) is 0 Å². The Balaban J connectivity index is 1.65. The van der Waals surface area contributed by atoms with Crippen LogP contribution in [-0.2, 0) is 0 Å². The zero-order valence-electron chi connectivity index (χ0n) is 19.2. The van der Waals surface area contributed by atoms with Gasteiger partial charge in [0.1, 0.15) is 0 Å². The summed E-state index contributed by atoms with van der Waals surface area (Å²) in [6.45, 7) is 2.27. The minimum Gasteiger partial charge on any atom is -0.0848 e. The normalized spacial score (nSPS) is 11.7. The highest BCUT2D eigenvalue weighted by atomic mass is 14.2. The van der Waals surface area contributed by atoms with Gasteiger partial charge in [0.2, 0.25) is 0 Å². The van der Waals surface area contributed by atoms with Gasteiger partial charge in [0.05, 0.1) is 0 Å². The number of hydrogen-bond donors (Lipinski definition) is 0. The number of fused-ring (bicyclic) bond motifs is 6. The standard InChI is InChI=1S/C33H23B/c1-34-33-29-13-6-4-11-27(29)32(28-12-5-7-14-30(28)33)26-16-8-15-24-25(26)18-17-23-19-21-9-2-3-10-22(21)20-31(23)24/h2-20,34H,1H3. The van der Waals surface area contributed by atoms with Crippen LogP contribution in [0.3, 0.4) is 0 Å². The van der Waals surface area contributed by atoms with Crippen LogP contribution in [0.2, 0.25) is 6.82 Å². The van der Waals surface area contributed by atoms with Crippen molar-refractivity contribution in [2.24, 2.45) is 0 Å². The third kappa shape index (κ3) is 2.74. The molecular formula is C33H23B. The van der Waals surface area contributed by atoms with Gasteiger partial charge in [-0.25, -0.2) is 0 Å². The summed E-state index contributed by atoms with van der Waals surface area (Å²) >= 11 is 0. The highest BCUT2D eigenvalue weighted by Crippen LogP contribution is 2.40. The molecule has 7 aromatic rings. The Hall–Kier alpha value is -4.10. The van der Waals surface area contributed by atoms with Crippen LogP contribution in [-0.4, -0.2) is 7.28 Å². The SMILES string of the molecule is CBc1c2ccccc2c(-c2cccc3c2ccc2cc4ccccc4cc23)c2ccccc12. The number of rotatable bonds is 2. The maximum absolute atomic E-state index is 2.35. The molecule has 0 aromatic heterocycles. The largest absolute Gasteiger partial charge is 0.156 e. The molecule has 0 N–H and O–H groups in total. The summed E-state index contributed by atoms with van der Waals surface area (Å²) in [6, 6.07) is 42.6. The van der Waals surface area contributed by atoms with Gasteiger partial charge in [-0.3, -0.25) is 0 Å². The molecule has 0 amide bonds. The Bertz CT molecular complexity index is 1840. The Morgan fingerprint density at radius 1 is 0.412 bits per heavy atom. The first-order chi connectivity index (χ1) is 16.8. The molecule has 0 nitrogen and oxygen atoms in total. The van der Waals surface area contributed by atoms with E-state index in [4.69, 9.17) is 0 Å². The molecule has 0 unspecified atom stereocenters. The van der Waals surface area contributed by atoms with Gasteiger partial charge < -0.3 is 0 Å². The van der Waals surface area contributed by atoms with Crippen molar-refractivity contribution in [2.45, 2.75) is 6.82 Å². The maximum atomic E-state index is 2.35. The topological polar surface area (TPSA) is 0 Å². The smallest absolute Gasteiger partial charge is 0.0848 e. The Morgan fingerprint density at radius 3 is 1.68 bits per heavy atom. The van der Waals surface area contributed by atoms with Crippen LogP contribution in [0.1, 0.15) is 0 Å². The predicted octanol–water partition coefficient (Wildman–Crippen LogP) is 8.23. The first kappa shape index (κ1) is 19.4. The van der Waals surface area contributed by atoms with Crippen molar-refractivity contribution in [3.63, 3.8) is 0 Å². The van der Waals surface area contributed by atoms with Crippen molar-refractivity contribution in [2.75, 3.05) is 0 Å². The van der Waals surface area contributed by atoms with Crippen molar-refractivity contribution in [1.29, 1.82) is 0 Å². The highest BCUT2D eigenvalue weighted by Gasteiger charge is 2.16. The van der Waals surface area contributed by atoms with Gasteiger partial charge in [-0.15, -0.1) is 0 Å². The van der Waals surface area contributed by atoms with E-state index in [1.165, 1.54) is 70.5 Å². The molecule has 34 heavy (non-hydrogen) atoms. The molecule has 0 saturated carbocycles. The lowest BCUT2D eigenvalue weighted by Crippen LogP contribution is -2.14. The van der Waals surface area contributed by atoms with Crippen LogP contribution in [0.25, 0.3) is 65.0 Å². The quantitative estimate of drug-likeness (QED) is 0.147. The molecule has 0 aliphatic heterocycles. The zero-order valence-corrected chi connectivity index (χ0v) is 19.2. The summed E-state index contributed by atoms with van der Waals surface area (Å²) < 4.78 is 0. The molecule has 158 valence electrons. The summed E-state index contributed by atoms with van der Waals surface area (Å²) in [5.41, 5.74) is 4.09. The molecule has 7 aromatic carbocycles. The van der Waals surface area contributed by atoms with Gasteiger partial charge >= 0.3 is 0 Å². The minimum atomic E-state index is 1.02. The lowest BCUT2D eigenvalue weighted by molar-refractivity contribution is 1.73. The summed E-state index contributed by atoms with van der Waals surface area (Å²) in [5.74, 6) is 0. The van der Waals surface area contributed by atoms with E-state index >= 15 is 0 Å². The lowest BCUT2D eigenvalue weighted by Gasteiger charge is -2.18. The fourth-order valence-electron chi connectivity index (χ4n) is 5.89. The van der Waals surface area contributed by atoms with Crippen LogP contribution in [0, 0.1) is 0 Å². The molecule has 0 aliphatic carbocycles.